The van der Waals surface area contributed by atoms with Crippen LogP contribution in [0.2, 0.25) is 0 Å². The summed E-state index contributed by atoms with van der Waals surface area (Å²) in [7, 11) is 0. The van der Waals surface area contributed by atoms with Gasteiger partial charge < -0.3 is 9.63 Å². The summed E-state index contributed by atoms with van der Waals surface area (Å²) < 4.78 is 44.9. The van der Waals surface area contributed by atoms with E-state index < -0.39 is 46.5 Å². The molecule has 10 heteroatoms. The molecule has 0 saturated carbocycles. The number of piperidine rings is 1. The molecule has 1 aliphatic rings. The monoisotopic (exact) mass is 341 g/mol. The highest BCUT2D eigenvalue weighted by Gasteiger charge is 2.28. The minimum absolute atomic E-state index is 0.114. The first-order valence-electron chi connectivity index (χ1n) is 6.91. The van der Waals surface area contributed by atoms with Crippen LogP contribution in [0.15, 0.2) is 10.6 Å². The topological polar surface area (TPSA) is 96.5 Å². The van der Waals surface area contributed by atoms with E-state index in [9.17, 15) is 27.9 Å². The van der Waals surface area contributed by atoms with Crippen LogP contribution in [-0.4, -0.2) is 32.0 Å². The molecule has 3 rings (SSSR count). The minimum Gasteiger partial charge on any atom is -0.503 e. The Hall–Kier alpha value is -2.91. The molecule has 1 N–H and O–H groups in total. The lowest BCUT2D eigenvalue weighted by Gasteiger charge is -2.23. The Kier molecular flexibility index (Phi) is 3.96. The van der Waals surface area contributed by atoms with E-state index in [1.54, 1.807) is 0 Å². The van der Waals surface area contributed by atoms with E-state index in [4.69, 9.17) is 4.52 Å². The predicted molar refractivity (Wildman–Crippen MR) is 70.7 cm³/mol. The Balaban J connectivity index is 1.89. The molecule has 0 atom stereocenters. The normalized spacial score (nSPS) is 15.2. The third-order valence-electron chi connectivity index (χ3n) is 3.51. The van der Waals surface area contributed by atoms with Crippen molar-refractivity contribution in [2.45, 2.75) is 25.8 Å². The number of hydrogen-bond donors (Lipinski definition) is 1. The molecular weight excluding hydrogens is 331 g/mol. The summed E-state index contributed by atoms with van der Waals surface area (Å²) in [4.78, 5) is 28.1. The van der Waals surface area contributed by atoms with Crippen LogP contribution in [0.3, 0.4) is 0 Å². The molecule has 0 bridgehead atoms. The number of carbonyl (C=O) groups is 2. The molecule has 7 nitrogen and oxygen atoms in total. The van der Waals surface area contributed by atoms with Gasteiger partial charge >= 0.3 is 0 Å². The van der Waals surface area contributed by atoms with Crippen molar-refractivity contribution in [3.05, 3.63) is 29.3 Å². The van der Waals surface area contributed by atoms with Crippen LogP contribution in [0, 0.1) is 17.5 Å². The zero-order chi connectivity index (χ0) is 17.4. The van der Waals surface area contributed by atoms with Crippen LogP contribution in [0.1, 0.15) is 25.1 Å². The third kappa shape index (κ3) is 2.70. The van der Waals surface area contributed by atoms with Gasteiger partial charge in [0.2, 0.25) is 17.6 Å². The van der Waals surface area contributed by atoms with Gasteiger partial charge in [-0.25, -0.2) is 8.78 Å². The molecule has 1 aliphatic heterocycles. The van der Waals surface area contributed by atoms with Crippen molar-refractivity contribution < 1.29 is 32.4 Å². The molecule has 1 fully saturated rings. The van der Waals surface area contributed by atoms with Gasteiger partial charge in [0, 0.05) is 12.8 Å². The van der Waals surface area contributed by atoms with Gasteiger partial charge in [-0.1, -0.05) is 5.16 Å². The lowest BCUT2D eigenvalue weighted by Crippen LogP contribution is -2.39. The van der Waals surface area contributed by atoms with Gasteiger partial charge in [0.15, 0.2) is 23.2 Å². The number of carbonyl (C=O) groups excluding carboxylic acids is 2. The Morgan fingerprint density at radius 1 is 1.17 bits per heavy atom. The molecule has 126 valence electrons. The van der Waals surface area contributed by atoms with Crippen LogP contribution >= 0.6 is 0 Å². The summed E-state index contributed by atoms with van der Waals surface area (Å²) in [6, 6.07) is 0.457. The fourth-order valence-corrected chi connectivity index (χ4v) is 2.29. The lowest BCUT2D eigenvalue weighted by molar-refractivity contribution is -0.148. The maximum atomic E-state index is 13.8. The van der Waals surface area contributed by atoms with Gasteiger partial charge in [-0.15, -0.1) is 0 Å². The van der Waals surface area contributed by atoms with Crippen molar-refractivity contribution in [2.24, 2.45) is 0 Å². The number of imide groups is 1. The quantitative estimate of drug-likeness (QED) is 0.676. The molecule has 24 heavy (non-hydrogen) atoms. The van der Waals surface area contributed by atoms with E-state index in [1.807, 2.05) is 0 Å². The number of halogens is 3. The second-order valence-electron chi connectivity index (χ2n) is 5.13. The number of likely N-dealkylation sites (tertiary alicyclic amines) is 1. The van der Waals surface area contributed by atoms with Crippen LogP contribution in [-0.2, 0) is 16.1 Å². The fraction of sp³-hybridized carbons (Fsp3) is 0.286. The molecule has 2 amide bonds. The molecule has 1 saturated heterocycles. The molecule has 0 spiro atoms. The summed E-state index contributed by atoms with van der Waals surface area (Å²) in [6.07, 6.45) is 0.884. The van der Waals surface area contributed by atoms with Crippen molar-refractivity contribution in [1.29, 1.82) is 0 Å². The van der Waals surface area contributed by atoms with Crippen LogP contribution in [0.4, 0.5) is 13.2 Å². The molecule has 0 unspecified atom stereocenters. The molecule has 1 aromatic carbocycles. The summed E-state index contributed by atoms with van der Waals surface area (Å²) >= 11 is 0. The molecule has 1 aromatic heterocycles. The Bertz CT molecular complexity index is 821. The molecule has 2 heterocycles. The van der Waals surface area contributed by atoms with E-state index in [-0.39, 0.29) is 25.2 Å². The van der Waals surface area contributed by atoms with Crippen molar-refractivity contribution in [3.8, 4) is 17.2 Å². The number of aromatic nitrogens is 2. The number of aromatic hydroxyl groups is 1. The smallest absolute Gasteiger partial charge is 0.261 e. The first kappa shape index (κ1) is 16.0. The average molecular weight is 341 g/mol. The van der Waals surface area contributed by atoms with Gasteiger partial charge in [0.1, 0.15) is 0 Å². The Morgan fingerprint density at radius 3 is 2.50 bits per heavy atom. The average Bonchev–Trinajstić information content (AvgIpc) is 3.01. The number of amides is 2. The zero-order valence-corrected chi connectivity index (χ0v) is 12.1. The molecular formula is C14H10F3N3O4. The third-order valence-corrected chi connectivity index (χ3v) is 3.51. The van der Waals surface area contributed by atoms with Crippen LogP contribution < -0.4 is 0 Å². The summed E-state index contributed by atoms with van der Waals surface area (Å²) in [6.45, 7) is -0.279. The van der Waals surface area contributed by atoms with Crippen molar-refractivity contribution >= 4 is 11.8 Å². The fourth-order valence-electron chi connectivity index (χ4n) is 2.29. The van der Waals surface area contributed by atoms with E-state index in [0.717, 1.165) is 4.90 Å². The minimum atomic E-state index is -1.74. The number of nitrogens with zero attached hydrogens (tertiary/aromatic N) is 3. The van der Waals surface area contributed by atoms with Crippen LogP contribution in [0.5, 0.6) is 5.75 Å². The van der Waals surface area contributed by atoms with E-state index in [2.05, 4.69) is 10.1 Å². The van der Waals surface area contributed by atoms with Crippen LogP contribution in [0.25, 0.3) is 11.5 Å². The van der Waals surface area contributed by atoms with Gasteiger partial charge in [-0.05, 0) is 12.5 Å². The number of phenolic OH excluding ortho intramolecular Hbond substituents is 1. The van der Waals surface area contributed by atoms with Gasteiger partial charge in [0.25, 0.3) is 5.89 Å². The lowest BCUT2D eigenvalue weighted by atomic mass is 10.1. The van der Waals surface area contributed by atoms with E-state index in [0.29, 0.717) is 12.5 Å². The summed E-state index contributed by atoms with van der Waals surface area (Å²) in [5, 5.41) is 12.7. The molecule has 2 aromatic rings. The number of phenols is 1. The number of benzene rings is 1. The largest absolute Gasteiger partial charge is 0.503 e. The highest BCUT2D eigenvalue weighted by atomic mass is 19.2. The predicted octanol–water partition coefficient (Wildman–Crippen LogP) is 1.90. The van der Waals surface area contributed by atoms with E-state index in [1.165, 1.54) is 0 Å². The summed E-state index contributed by atoms with van der Waals surface area (Å²) in [5.74, 6) is -7.62. The standard InChI is InChI=1S/C14H10F3N3O4/c15-7-4-6(11(16)13(23)12(7)17)14-18-8(19-24-14)5-20-9(21)2-1-3-10(20)22/h4,23H,1-3,5H2. The second-order valence-corrected chi connectivity index (χ2v) is 5.13. The molecule has 0 aliphatic carbocycles. The number of hydrogen-bond acceptors (Lipinski definition) is 6. The SMILES string of the molecule is O=C1CCCC(=O)N1Cc1noc(-c2cc(F)c(F)c(O)c2F)n1. The van der Waals surface area contributed by atoms with Crippen molar-refractivity contribution in [1.82, 2.24) is 15.0 Å². The Morgan fingerprint density at radius 2 is 1.83 bits per heavy atom. The van der Waals surface area contributed by atoms with Gasteiger partial charge in [0.05, 0.1) is 12.1 Å². The van der Waals surface area contributed by atoms with Crippen molar-refractivity contribution in [3.63, 3.8) is 0 Å². The molecule has 0 radical (unpaired) electrons. The maximum Gasteiger partial charge on any atom is 0.261 e. The Labute approximate surface area is 132 Å². The van der Waals surface area contributed by atoms with Crippen molar-refractivity contribution in [2.75, 3.05) is 0 Å². The summed E-state index contributed by atoms with van der Waals surface area (Å²) in [5.41, 5.74) is -0.638. The van der Waals surface area contributed by atoms with Gasteiger partial charge in [-0.2, -0.15) is 9.37 Å². The highest BCUT2D eigenvalue weighted by Crippen LogP contribution is 2.31. The number of rotatable bonds is 3. The van der Waals surface area contributed by atoms with E-state index >= 15 is 0 Å². The first-order chi connectivity index (χ1) is 11.4. The first-order valence-corrected chi connectivity index (χ1v) is 6.91. The zero-order valence-electron chi connectivity index (χ0n) is 12.1. The van der Waals surface area contributed by atoms with Gasteiger partial charge in [-0.3, -0.25) is 14.5 Å². The maximum absolute atomic E-state index is 13.8. The highest BCUT2D eigenvalue weighted by molar-refractivity contribution is 5.97. The second kappa shape index (κ2) is 5.95.